The number of nitrogens with two attached hydrogens (primary N) is 1. The number of benzene rings is 2. The summed E-state index contributed by atoms with van der Waals surface area (Å²) >= 11 is 0. The Morgan fingerprint density at radius 2 is 1.57 bits per heavy atom. The fourth-order valence-corrected chi connectivity index (χ4v) is 5.38. The van der Waals surface area contributed by atoms with Crippen LogP contribution in [0.15, 0.2) is 48.5 Å². The Labute approximate surface area is 236 Å². The Balaban J connectivity index is 2.08. The van der Waals surface area contributed by atoms with Crippen LogP contribution in [0.1, 0.15) is 67.2 Å². The van der Waals surface area contributed by atoms with Crippen LogP contribution in [0.25, 0.3) is 0 Å². The van der Waals surface area contributed by atoms with Crippen LogP contribution in [0.5, 0.6) is 0 Å². The van der Waals surface area contributed by atoms with Gasteiger partial charge in [-0.15, -0.1) is 0 Å². The maximum Gasteiger partial charge on any atom is 0.335 e. The Bertz CT molecular complexity index is 1190. The van der Waals surface area contributed by atoms with Crippen molar-refractivity contribution >= 4 is 35.4 Å². The first-order chi connectivity index (χ1) is 19.0. The van der Waals surface area contributed by atoms with E-state index in [4.69, 9.17) is 5.73 Å². The summed E-state index contributed by atoms with van der Waals surface area (Å²) < 4.78 is 0. The van der Waals surface area contributed by atoms with Gasteiger partial charge in [-0.3, -0.25) is 24.2 Å². The normalized spacial score (nSPS) is 18.7. The van der Waals surface area contributed by atoms with E-state index in [1.54, 1.807) is 41.3 Å². The molecular weight excluding hydrogens is 508 g/mol. The second-order valence-electron chi connectivity index (χ2n) is 11.2. The molecule has 0 saturated heterocycles. The molecule has 3 N–H and O–H groups in total. The second kappa shape index (κ2) is 13.7. The number of hydrogen-bond donors (Lipinski definition) is 2. The lowest BCUT2D eigenvalue weighted by atomic mass is 9.84. The van der Waals surface area contributed by atoms with E-state index in [2.05, 4.69) is 0 Å². The zero-order chi connectivity index (χ0) is 29.6. The van der Waals surface area contributed by atoms with Gasteiger partial charge in [-0.1, -0.05) is 26.0 Å². The molecule has 2 amide bonds. The summed E-state index contributed by atoms with van der Waals surface area (Å²) in [6, 6.07) is 11.7. The average Bonchev–Trinajstić information content (AvgIpc) is 2.95. The Kier molecular flexibility index (Phi) is 10.6. The number of carboxylic acid groups (broad SMARTS) is 1. The van der Waals surface area contributed by atoms with Crippen molar-refractivity contribution < 1.29 is 24.3 Å². The molecule has 1 fully saturated rings. The van der Waals surface area contributed by atoms with E-state index in [-0.39, 0.29) is 35.3 Å². The van der Waals surface area contributed by atoms with Crippen LogP contribution in [0.2, 0.25) is 0 Å². The third-order valence-electron chi connectivity index (χ3n) is 8.03. The summed E-state index contributed by atoms with van der Waals surface area (Å²) in [6.45, 7) is 6.25. The standard InChI is InChI=1S/C31H42N4O5/c1-20(2)28(34(19-36)25-13-9-22(18-32)10-14-25)30(38)35(26-15-11-23(12-16-26)31(39)40)27-8-6-7-24(17-27)29(37)21(3)33(4)5/h6-8,11-12,15-17,19-22,25,28H,9-10,13-14,18,32H2,1-5H3,(H,39,40)/t21-,22?,25?,28-/m0/s1. The van der Waals surface area contributed by atoms with Crippen LogP contribution >= 0.6 is 0 Å². The molecule has 40 heavy (non-hydrogen) atoms. The number of carbonyl (C=O) groups excluding carboxylic acids is 3. The third kappa shape index (κ3) is 6.95. The minimum atomic E-state index is -1.07. The van der Waals surface area contributed by atoms with Crippen molar-refractivity contribution in [3.8, 4) is 0 Å². The molecule has 0 unspecified atom stereocenters. The van der Waals surface area contributed by atoms with E-state index < -0.39 is 12.0 Å². The van der Waals surface area contributed by atoms with Crippen molar-refractivity contribution in [3.63, 3.8) is 0 Å². The van der Waals surface area contributed by atoms with E-state index in [0.717, 1.165) is 32.1 Å². The Hall–Kier alpha value is -3.56. The van der Waals surface area contributed by atoms with Crippen LogP contribution in [-0.2, 0) is 9.59 Å². The number of carboxylic acids is 1. The van der Waals surface area contributed by atoms with Crippen molar-refractivity contribution in [1.82, 2.24) is 9.80 Å². The van der Waals surface area contributed by atoms with Gasteiger partial charge in [0.15, 0.2) is 5.78 Å². The molecule has 216 valence electrons. The Morgan fingerprint density at radius 3 is 2.08 bits per heavy atom. The monoisotopic (exact) mass is 550 g/mol. The number of anilines is 2. The highest BCUT2D eigenvalue weighted by Gasteiger charge is 2.38. The fraction of sp³-hybridized carbons (Fsp3) is 0.484. The molecule has 1 aliphatic rings. The number of likely N-dealkylation sites (N-methyl/N-ethyl adjacent to an activating group) is 1. The maximum absolute atomic E-state index is 14.5. The van der Waals surface area contributed by atoms with E-state index in [1.165, 1.54) is 17.0 Å². The van der Waals surface area contributed by atoms with Gasteiger partial charge in [0, 0.05) is 23.0 Å². The first-order valence-corrected chi connectivity index (χ1v) is 13.9. The largest absolute Gasteiger partial charge is 0.478 e. The molecule has 9 heteroatoms. The van der Waals surface area contributed by atoms with Crippen molar-refractivity contribution in [1.29, 1.82) is 0 Å². The molecule has 2 aromatic rings. The first-order valence-electron chi connectivity index (χ1n) is 13.9. The van der Waals surface area contributed by atoms with Crippen LogP contribution in [-0.4, -0.2) is 77.7 Å². The summed E-state index contributed by atoms with van der Waals surface area (Å²) in [5.74, 6) is -1.27. The first kappa shape index (κ1) is 31.0. The number of aromatic carboxylic acids is 1. The van der Waals surface area contributed by atoms with Crippen molar-refractivity contribution in [2.45, 2.75) is 64.6 Å². The highest BCUT2D eigenvalue weighted by Crippen LogP contribution is 2.33. The van der Waals surface area contributed by atoms with Gasteiger partial charge < -0.3 is 15.7 Å². The van der Waals surface area contributed by atoms with Crippen molar-refractivity contribution in [2.24, 2.45) is 17.6 Å². The summed E-state index contributed by atoms with van der Waals surface area (Å²) in [4.78, 5) is 56.6. The molecule has 0 heterocycles. The van der Waals surface area contributed by atoms with Crippen LogP contribution in [0.3, 0.4) is 0 Å². The number of hydrogen-bond acceptors (Lipinski definition) is 6. The molecule has 0 spiro atoms. The lowest BCUT2D eigenvalue weighted by Crippen LogP contribution is -2.54. The third-order valence-corrected chi connectivity index (χ3v) is 8.03. The van der Waals surface area contributed by atoms with Gasteiger partial charge in [-0.2, -0.15) is 0 Å². The van der Waals surface area contributed by atoms with Gasteiger partial charge in [0.25, 0.3) is 5.91 Å². The number of carbonyl (C=O) groups is 4. The smallest absolute Gasteiger partial charge is 0.335 e. The fourth-order valence-electron chi connectivity index (χ4n) is 5.38. The number of nitrogens with zero attached hydrogens (tertiary/aromatic N) is 3. The predicted molar refractivity (Wildman–Crippen MR) is 156 cm³/mol. The van der Waals surface area contributed by atoms with Crippen molar-refractivity contribution in [2.75, 3.05) is 25.5 Å². The molecule has 0 radical (unpaired) electrons. The van der Waals surface area contributed by atoms with Crippen LogP contribution < -0.4 is 10.6 Å². The summed E-state index contributed by atoms with van der Waals surface area (Å²) in [7, 11) is 3.66. The number of Topliss-reactive ketones (excluding diaryl/α,β-unsaturated/α-hetero) is 1. The molecular formula is C31H42N4O5. The van der Waals surface area contributed by atoms with Crippen LogP contribution in [0.4, 0.5) is 11.4 Å². The SMILES string of the molecule is CC(C)[C@@H](C(=O)N(c1ccc(C(=O)O)cc1)c1cccc(C(=O)[C@H](C)N(C)C)c1)N(C=O)C1CCC(CN)CC1. The van der Waals surface area contributed by atoms with Gasteiger partial charge in [-0.05, 0) is 101 Å². The minimum absolute atomic E-state index is 0.0817. The van der Waals surface area contributed by atoms with E-state index in [9.17, 15) is 24.3 Å². The number of rotatable bonds is 12. The van der Waals surface area contributed by atoms with Gasteiger partial charge in [0.05, 0.1) is 11.6 Å². The molecule has 3 rings (SSSR count). The van der Waals surface area contributed by atoms with Crippen molar-refractivity contribution in [3.05, 3.63) is 59.7 Å². The van der Waals surface area contributed by atoms with Gasteiger partial charge >= 0.3 is 5.97 Å². The number of ketones is 1. The quantitative estimate of drug-likeness (QED) is 0.300. The summed E-state index contributed by atoms with van der Waals surface area (Å²) in [5, 5.41) is 9.41. The molecule has 2 aromatic carbocycles. The lowest BCUT2D eigenvalue weighted by molar-refractivity contribution is -0.135. The Morgan fingerprint density at radius 1 is 0.950 bits per heavy atom. The molecule has 2 atom stereocenters. The highest BCUT2D eigenvalue weighted by molar-refractivity contribution is 6.06. The van der Waals surface area contributed by atoms with Gasteiger partial charge in [-0.25, -0.2) is 4.79 Å². The summed E-state index contributed by atoms with van der Waals surface area (Å²) in [5.41, 5.74) is 7.33. The molecule has 0 aliphatic heterocycles. The van der Waals surface area contributed by atoms with Gasteiger partial charge in [0.2, 0.25) is 6.41 Å². The molecule has 0 bridgehead atoms. The molecule has 1 saturated carbocycles. The average molecular weight is 551 g/mol. The highest BCUT2D eigenvalue weighted by atomic mass is 16.4. The van der Waals surface area contributed by atoms with Crippen LogP contribution in [0, 0.1) is 11.8 Å². The molecule has 0 aromatic heterocycles. The second-order valence-corrected chi connectivity index (χ2v) is 11.2. The topological polar surface area (TPSA) is 124 Å². The van der Waals surface area contributed by atoms with E-state index in [0.29, 0.717) is 29.4 Å². The molecule has 9 nitrogen and oxygen atoms in total. The van der Waals surface area contributed by atoms with E-state index in [1.807, 2.05) is 39.8 Å². The maximum atomic E-state index is 14.5. The predicted octanol–water partition coefficient (Wildman–Crippen LogP) is 4.18. The lowest BCUT2D eigenvalue weighted by Gasteiger charge is -2.41. The zero-order valence-corrected chi connectivity index (χ0v) is 24.1. The minimum Gasteiger partial charge on any atom is -0.478 e. The van der Waals surface area contributed by atoms with E-state index >= 15 is 0 Å². The zero-order valence-electron chi connectivity index (χ0n) is 24.1. The summed E-state index contributed by atoms with van der Waals surface area (Å²) in [6.07, 6.45) is 4.13. The number of amides is 2. The van der Waals surface area contributed by atoms with Gasteiger partial charge in [0.1, 0.15) is 6.04 Å². The molecule has 1 aliphatic carbocycles.